The van der Waals surface area contributed by atoms with E-state index < -0.39 is 0 Å². The van der Waals surface area contributed by atoms with E-state index in [4.69, 9.17) is 5.73 Å². The van der Waals surface area contributed by atoms with Crippen molar-refractivity contribution >= 4 is 11.8 Å². The molecule has 0 spiro atoms. The number of nitrogens with one attached hydrogen (secondary N) is 1. The second kappa shape index (κ2) is 5.79. The zero-order valence-electron chi connectivity index (χ0n) is 10.9. The average Bonchev–Trinajstić information content (AvgIpc) is 2.43. The topological polar surface area (TPSA) is 88.3 Å². The summed E-state index contributed by atoms with van der Waals surface area (Å²) >= 11 is 0. The van der Waals surface area contributed by atoms with Crippen LogP contribution in [0.1, 0.15) is 28.9 Å². The Labute approximate surface area is 112 Å². The van der Waals surface area contributed by atoms with E-state index in [1.807, 2.05) is 0 Å². The summed E-state index contributed by atoms with van der Waals surface area (Å²) in [5.74, 6) is -0.0905. The Kier molecular flexibility index (Phi) is 4.11. The Morgan fingerprint density at radius 3 is 2.95 bits per heavy atom. The van der Waals surface area contributed by atoms with Gasteiger partial charge in [-0.05, 0) is 18.1 Å². The van der Waals surface area contributed by atoms with Crippen molar-refractivity contribution in [2.75, 3.05) is 13.6 Å². The van der Waals surface area contributed by atoms with Crippen LogP contribution in [0.2, 0.25) is 0 Å². The van der Waals surface area contributed by atoms with E-state index >= 15 is 0 Å². The minimum Gasteiger partial charge on any atom is -0.346 e. The van der Waals surface area contributed by atoms with E-state index in [-0.39, 0.29) is 17.9 Å². The molecule has 2 heterocycles. The molecule has 1 unspecified atom stereocenters. The number of carbonyl (C=O) groups is 2. The lowest BCUT2D eigenvalue weighted by atomic mass is 10.1. The Hall–Kier alpha value is -1.95. The summed E-state index contributed by atoms with van der Waals surface area (Å²) in [5, 5.41) is 2.90. The van der Waals surface area contributed by atoms with Gasteiger partial charge in [-0.3, -0.25) is 14.6 Å². The fourth-order valence-electron chi connectivity index (χ4n) is 2.07. The number of likely N-dealkylation sites (N-methyl/N-ethyl adjacent to an activating group) is 1. The van der Waals surface area contributed by atoms with Gasteiger partial charge >= 0.3 is 0 Å². The summed E-state index contributed by atoms with van der Waals surface area (Å²) in [5.41, 5.74) is 6.74. The third-order valence-electron chi connectivity index (χ3n) is 3.25. The highest BCUT2D eigenvalue weighted by Crippen LogP contribution is 2.10. The second-order valence-corrected chi connectivity index (χ2v) is 4.74. The maximum atomic E-state index is 12.0. The minimum atomic E-state index is -0.212. The minimum absolute atomic E-state index is 0.00816. The van der Waals surface area contributed by atoms with Gasteiger partial charge in [0.25, 0.3) is 5.91 Å². The summed E-state index contributed by atoms with van der Waals surface area (Å²) < 4.78 is 0. The van der Waals surface area contributed by atoms with Gasteiger partial charge in [0, 0.05) is 38.8 Å². The Balaban J connectivity index is 1.95. The van der Waals surface area contributed by atoms with Gasteiger partial charge in [-0.15, -0.1) is 0 Å². The molecular weight excluding hydrogens is 244 g/mol. The van der Waals surface area contributed by atoms with Gasteiger partial charge in [-0.25, -0.2) is 0 Å². The molecule has 19 heavy (non-hydrogen) atoms. The zero-order chi connectivity index (χ0) is 13.8. The monoisotopic (exact) mass is 262 g/mol. The fraction of sp³-hybridized carbons (Fsp3) is 0.462. The van der Waals surface area contributed by atoms with E-state index in [9.17, 15) is 9.59 Å². The van der Waals surface area contributed by atoms with Crippen molar-refractivity contribution in [3.63, 3.8) is 0 Å². The smallest absolute Gasteiger partial charge is 0.270 e. The van der Waals surface area contributed by atoms with Crippen LogP contribution in [0.25, 0.3) is 0 Å². The zero-order valence-corrected chi connectivity index (χ0v) is 10.9. The molecule has 1 aromatic heterocycles. The van der Waals surface area contributed by atoms with Crippen molar-refractivity contribution in [2.24, 2.45) is 5.73 Å². The highest BCUT2D eigenvalue weighted by atomic mass is 16.2. The summed E-state index contributed by atoms with van der Waals surface area (Å²) in [4.78, 5) is 29.1. The first-order valence-corrected chi connectivity index (χ1v) is 6.30. The van der Waals surface area contributed by atoms with Crippen LogP contribution in [-0.2, 0) is 11.3 Å². The van der Waals surface area contributed by atoms with Crippen molar-refractivity contribution in [3.8, 4) is 0 Å². The number of aromatic nitrogens is 1. The first-order chi connectivity index (χ1) is 9.10. The molecule has 6 nitrogen and oxygen atoms in total. The Morgan fingerprint density at radius 2 is 2.37 bits per heavy atom. The molecule has 1 saturated heterocycles. The van der Waals surface area contributed by atoms with Crippen LogP contribution in [0, 0.1) is 0 Å². The van der Waals surface area contributed by atoms with Crippen molar-refractivity contribution in [2.45, 2.75) is 25.4 Å². The fourth-order valence-corrected chi connectivity index (χ4v) is 2.07. The summed E-state index contributed by atoms with van der Waals surface area (Å²) in [7, 11) is 1.74. The molecule has 102 valence electrons. The normalized spacial score (nSPS) is 19.4. The van der Waals surface area contributed by atoms with Gasteiger partial charge in [0.15, 0.2) is 0 Å². The maximum Gasteiger partial charge on any atom is 0.270 e. The number of hydrogen-bond acceptors (Lipinski definition) is 4. The molecule has 1 aliphatic heterocycles. The van der Waals surface area contributed by atoms with Crippen LogP contribution < -0.4 is 11.1 Å². The number of nitrogens with two attached hydrogens (primary N) is 1. The third kappa shape index (κ3) is 3.29. The van der Waals surface area contributed by atoms with E-state index in [0.29, 0.717) is 31.6 Å². The predicted molar refractivity (Wildman–Crippen MR) is 70.3 cm³/mol. The van der Waals surface area contributed by atoms with Crippen LogP contribution >= 0.6 is 0 Å². The molecule has 0 aliphatic carbocycles. The maximum absolute atomic E-state index is 12.0. The number of piperidine rings is 1. The number of nitrogens with zero attached hydrogens (tertiary/aromatic N) is 2. The van der Waals surface area contributed by atoms with Gasteiger partial charge in [-0.2, -0.15) is 0 Å². The van der Waals surface area contributed by atoms with Crippen molar-refractivity contribution in [1.82, 2.24) is 15.2 Å². The lowest BCUT2D eigenvalue weighted by molar-refractivity contribution is -0.132. The van der Waals surface area contributed by atoms with Crippen molar-refractivity contribution in [1.29, 1.82) is 0 Å². The number of pyridine rings is 1. The summed E-state index contributed by atoms with van der Waals surface area (Å²) in [6.45, 7) is 0.954. The number of hydrogen-bond donors (Lipinski definition) is 2. The van der Waals surface area contributed by atoms with Gasteiger partial charge in [-0.1, -0.05) is 6.07 Å². The number of amides is 2. The molecule has 1 atom stereocenters. The quantitative estimate of drug-likeness (QED) is 0.795. The van der Waals surface area contributed by atoms with E-state index in [1.54, 1.807) is 30.3 Å². The largest absolute Gasteiger partial charge is 0.346 e. The van der Waals surface area contributed by atoms with Crippen LogP contribution in [0.4, 0.5) is 0 Å². The molecule has 1 aromatic rings. The van der Waals surface area contributed by atoms with Crippen LogP contribution in [0.3, 0.4) is 0 Å². The number of likely N-dealkylation sites (tertiary alicyclic amines) is 1. The second-order valence-electron chi connectivity index (χ2n) is 4.74. The molecule has 0 bridgehead atoms. The van der Waals surface area contributed by atoms with Crippen molar-refractivity contribution in [3.05, 3.63) is 29.6 Å². The third-order valence-corrected chi connectivity index (χ3v) is 3.25. The van der Waals surface area contributed by atoms with E-state index in [1.165, 1.54) is 0 Å². The van der Waals surface area contributed by atoms with Gasteiger partial charge in [0.05, 0.1) is 0 Å². The molecule has 0 radical (unpaired) electrons. The van der Waals surface area contributed by atoms with E-state index in [0.717, 1.165) is 5.56 Å². The molecule has 0 aromatic carbocycles. The first-order valence-electron chi connectivity index (χ1n) is 6.30. The number of rotatable bonds is 3. The standard InChI is InChI=1S/C13H18N4O2/c1-17-8-10(3-5-12(17)18)16-13(19)11-4-2-9(6-14)7-15-11/h2,4,7,10H,3,5-6,8,14H2,1H3,(H,16,19). The van der Waals surface area contributed by atoms with Crippen molar-refractivity contribution < 1.29 is 9.59 Å². The first kappa shape index (κ1) is 13.5. The Morgan fingerprint density at radius 1 is 1.58 bits per heavy atom. The van der Waals surface area contributed by atoms with Gasteiger partial charge in [0.1, 0.15) is 5.69 Å². The summed E-state index contributed by atoms with van der Waals surface area (Å²) in [6.07, 6.45) is 2.75. The Bertz CT molecular complexity index is 472. The molecule has 1 aliphatic rings. The van der Waals surface area contributed by atoms with Crippen LogP contribution in [0.15, 0.2) is 18.3 Å². The average molecular weight is 262 g/mol. The molecular formula is C13H18N4O2. The van der Waals surface area contributed by atoms with Gasteiger partial charge in [0.2, 0.25) is 5.91 Å². The van der Waals surface area contributed by atoms with E-state index in [2.05, 4.69) is 10.3 Å². The van der Waals surface area contributed by atoms with Crippen LogP contribution in [-0.4, -0.2) is 41.3 Å². The van der Waals surface area contributed by atoms with Crippen LogP contribution in [0.5, 0.6) is 0 Å². The molecule has 1 fully saturated rings. The number of carbonyl (C=O) groups excluding carboxylic acids is 2. The molecule has 0 saturated carbocycles. The van der Waals surface area contributed by atoms with Gasteiger partial charge < -0.3 is 16.0 Å². The SMILES string of the molecule is CN1CC(NC(=O)c2ccc(CN)cn2)CCC1=O. The molecule has 2 rings (SSSR count). The highest BCUT2D eigenvalue weighted by Gasteiger charge is 2.24. The summed E-state index contributed by atoms with van der Waals surface area (Å²) in [6, 6.07) is 3.44. The molecule has 2 amide bonds. The molecule has 6 heteroatoms. The predicted octanol–water partition coefficient (Wildman–Crippen LogP) is -0.109. The molecule has 3 N–H and O–H groups in total. The highest BCUT2D eigenvalue weighted by molar-refractivity contribution is 5.92. The lowest BCUT2D eigenvalue weighted by Crippen LogP contribution is -2.48. The lowest BCUT2D eigenvalue weighted by Gasteiger charge is -2.30.